The fourth-order valence-corrected chi connectivity index (χ4v) is 1.88. The number of hydrogen-bond donors (Lipinski definition) is 1. The molecule has 2 aromatic rings. The zero-order chi connectivity index (χ0) is 14.0. The smallest absolute Gasteiger partial charge is 0.314 e. The second-order valence-electron chi connectivity index (χ2n) is 3.94. The molecule has 0 spiro atoms. The van der Waals surface area contributed by atoms with Crippen LogP contribution in [0.5, 0.6) is 0 Å². The molecule has 19 heavy (non-hydrogen) atoms. The molecule has 3 nitrogen and oxygen atoms in total. The first-order chi connectivity index (χ1) is 8.91. The molecule has 0 saturated carbocycles. The Morgan fingerprint density at radius 2 is 2.05 bits per heavy atom. The van der Waals surface area contributed by atoms with Crippen LogP contribution < -0.4 is 5.32 Å². The van der Waals surface area contributed by atoms with Crippen LogP contribution in [0.15, 0.2) is 30.5 Å². The Balaban J connectivity index is 2.39. The van der Waals surface area contributed by atoms with Gasteiger partial charge in [-0.2, -0.15) is 18.3 Å². The molecule has 0 aliphatic rings. The molecule has 1 aromatic carbocycles. The summed E-state index contributed by atoms with van der Waals surface area (Å²) in [5.41, 5.74) is 0.197. The molecule has 1 N–H and O–H groups in total. The first-order valence-corrected chi connectivity index (χ1v) is 5.86. The highest BCUT2D eigenvalue weighted by Gasteiger charge is 2.33. The molecule has 0 aliphatic heterocycles. The minimum absolute atomic E-state index is 0.319. The topological polar surface area (TPSA) is 29.9 Å². The first-order valence-electron chi connectivity index (χ1n) is 5.48. The summed E-state index contributed by atoms with van der Waals surface area (Å²) in [5.74, 6) is 0. The third kappa shape index (κ3) is 3.08. The summed E-state index contributed by atoms with van der Waals surface area (Å²) in [5, 5.41) is 6.76. The molecule has 0 fully saturated rings. The highest BCUT2D eigenvalue weighted by Crippen LogP contribution is 2.35. The van der Waals surface area contributed by atoms with Gasteiger partial charge in [0.2, 0.25) is 0 Å². The summed E-state index contributed by atoms with van der Waals surface area (Å²) in [6.07, 6.45) is -2.87. The van der Waals surface area contributed by atoms with Crippen molar-refractivity contribution in [3.8, 4) is 5.69 Å². The second-order valence-corrected chi connectivity index (χ2v) is 4.35. The lowest BCUT2D eigenvalue weighted by molar-refractivity contribution is -0.137. The van der Waals surface area contributed by atoms with Gasteiger partial charge in [0.25, 0.3) is 0 Å². The predicted octanol–water partition coefficient (Wildman–Crippen LogP) is 3.26. The average Bonchev–Trinajstić information content (AvgIpc) is 2.77. The molecule has 102 valence electrons. The molecule has 1 heterocycles. The predicted molar refractivity (Wildman–Crippen MR) is 66.3 cm³/mol. The zero-order valence-electron chi connectivity index (χ0n) is 10.0. The Kier molecular flexibility index (Phi) is 3.82. The normalized spacial score (nSPS) is 11.8. The van der Waals surface area contributed by atoms with Gasteiger partial charge >= 0.3 is 6.18 Å². The molecule has 0 amide bonds. The van der Waals surface area contributed by atoms with Crippen molar-refractivity contribution < 1.29 is 13.2 Å². The van der Waals surface area contributed by atoms with E-state index < -0.39 is 11.7 Å². The van der Waals surface area contributed by atoms with Crippen LogP contribution in [0.25, 0.3) is 5.69 Å². The van der Waals surface area contributed by atoms with Crippen molar-refractivity contribution in [2.45, 2.75) is 12.7 Å². The minimum Gasteiger partial charge on any atom is -0.314 e. The number of aromatic nitrogens is 2. The van der Waals surface area contributed by atoms with E-state index in [4.69, 9.17) is 11.6 Å². The van der Waals surface area contributed by atoms with Crippen molar-refractivity contribution in [1.82, 2.24) is 15.1 Å². The van der Waals surface area contributed by atoms with Gasteiger partial charge in [0, 0.05) is 12.7 Å². The number of alkyl halides is 3. The van der Waals surface area contributed by atoms with Crippen LogP contribution in [0.4, 0.5) is 13.2 Å². The van der Waals surface area contributed by atoms with E-state index in [1.165, 1.54) is 16.8 Å². The summed E-state index contributed by atoms with van der Waals surface area (Å²) in [7, 11) is 1.77. The lowest BCUT2D eigenvalue weighted by atomic mass is 10.2. The van der Waals surface area contributed by atoms with Gasteiger partial charge in [-0.05, 0) is 31.3 Å². The zero-order valence-corrected chi connectivity index (χ0v) is 10.8. The number of benzene rings is 1. The largest absolute Gasteiger partial charge is 0.417 e. The minimum atomic E-state index is -4.48. The molecule has 0 bridgehead atoms. The van der Waals surface area contributed by atoms with E-state index >= 15 is 0 Å². The van der Waals surface area contributed by atoms with Crippen LogP contribution >= 0.6 is 11.6 Å². The number of hydrogen-bond acceptors (Lipinski definition) is 2. The maximum atomic E-state index is 12.7. The van der Waals surface area contributed by atoms with Gasteiger partial charge < -0.3 is 5.32 Å². The average molecular weight is 290 g/mol. The summed E-state index contributed by atoms with van der Waals surface area (Å²) in [6, 6.07) is 5.43. The lowest BCUT2D eigenvalue weighted by Gasteiger charge is -2.10. The van der Waals surface area contributed by atoms with E-state index in [-0.39, 0.29) is 5.02 Å². The van der Waals surface area contributed by atoms with Crippen LogP contribution in [0.1, 0.15) is 11.3 Å². The molecule has 0 saturated heterocycles. The number of nitrogens with zero attached hydrogens (tertiary/aromatic N) is 2. The van der Waals surface area contributed by atoms with E-state index in [1.807, 2.05) is 0 Å². The van der Waals surface area contributed by atoms with Crippen LogP contribution in [0.2, 0.25) is 5.02 Å². The molecular weight excluding hydrogens is 279 g/mol. The van der Waals surface area contributed by atoms with Gasteiger partial charge in [-0.15, -0.1) is 0 Å². The maximum absolute atomic E-state index is 12.7. The molecule has 0 radical (unpaired) electrons. The highest BCUT2D eigenvalue weighted by atomic mass is 35.5. The van der Waals surface area contributed by atoms with E-state index in [0.717, 1.165) is 11.8 Å². The van der Waals surface area contributed by atoms with Crippen LogP contribution in [-0.2, 0) is 12.7 Å². The van der Waals surface area contributed by atoms with E-state index in [1.54, 1.807) is 19.3 Å². The number of halogens is 4. The van der Waals surface area contributed by atoms with Gasteiger partial charge in [0.15, 0.2) is 0 Å². The van der Waals surface area contributed by atoms with Gasteiger partial charge in [0.05, 0.1) is 22.0 Å². The second kappa shape index (κ2) is 5.22. The Hall–Kier alpha value is -1.53. The molecule has 7 heteroatoms. The van der Waals surface area contributed by atoms with Crippen molar-refractivity contribution in [2.75, 3.05) is 7.05 Å². The van der Waals surface area contributed by atoms with E-state index in [0.29, 0.717) is 12.2 Å². The molecule has 1 aromatic heterocycles. The molecule has 2 rings (SSSR count). The van der Waals surface area contributed by atoms with Crippen molar-refractivity contribution in [2.24, 2.45) is 0 Å². The Bertz CT molecular complexity index is 578. The fourth-order valence-electron chi connectivity index (χ4n) is 1.65. The summed E-state index contributed by atoms with van der Waals surface area (Å²) < 4.78 is 39.6. The molecule has 0 aliphatic carbocycles. The van der Waals surface area contributed by atoms with Gasteiger partial charge in [0.1, 0.15) is 0 Å². The standard InChI is InChI=1S/C12H11ClF3N3/c1-17-7-8-4-5-19(18-8)9-2-3-11(13)10(6-9)12(14,15)16/h2-6,17H,7H2,1H3. The Labute approximate surface area is 113 Å². The maximum Gasteiger partial charge on any atom is 0.417 e. The SMILES string of the molecule is CNCc1ccn(-c2ccc(Cl)c(C(F)(F)F)c2)n1. The van der Waals surface area contributed by atoms with Crippen molar-refractivity contribution in [3.05, 3.63) is 46.7 Å². The summed E-state index contributed by atoms with van der Waals surface area (Å²) in [4.78, 5) is 0. The molecular formula is C12H11ClF3N3. The highest BCUT2D eigenvalue weighted by molar-refractivity contribution is 6.31. The van der Waals surface area contributed by atoms with Crippen molar-refractivity contribution >= 4 is 11.6 Å². The lowest BCUT2D eigenvalue weighted by Crippen LogP contribution is -2.08. The third-order valence-corrected chi connectivity index (χ3v) is 2.85. The van der Waals surface area contributed by atoms with E-state index in [9.17, 15) is 13.2 Å². The van der Waals surface area contributed by atoms with Crippen LogP contribution in [-0.4, -0.2) is 16.8 Å². The summed E-state index contributed by atoms with van der Waals surface area (Å²) in [6.45, 7) is 0.548. The number of nitrogens with one attached hydrogen (secondary N) is 1. The number of rotatable bonds is 3. The molecule has 0 unspecified atom stereocenters. The van der Waals surface area contributed by atoms with Gasteiger partial charge in [-0.1, -0.05) is 11.6 Å². The summed E-state index contributed by atoms with van der Waals surface area (Å²) >= 11 is 5.56. The quantitative estimate of drug-likeness (QED) is 0.940. The monoisotopic (exact) mass is 289 g/mol. The third-order valence-electron chi connectivity index (χ3n) is 2.52. The molecule has 0 atom stereocenters. The Morgan fingerprint density at radius 1 is 1.32 bits per heavy atom. The Morgan fingerprint density at radius 3 is 2.68 bits per heavy atom. The van der Waals surface area contributed by atoms with Crippen molar-refractivity contribution in [3.63, 3.8) is 0 Å². The van der Waals surface area contributed by atoms with Crippen molar-refractivity contribution in [1.29, 1.82) is 0 Å². The van der Waals surface area contributed by atoms with E-state index in [2.05, 4.69) is 10.4 Å². The van der Waals surface area contributed by atoms with Crippen LogP contribution in [0.3, 0.4) is 0 Å². The van der Waals surface area contributed by atoms with Crippen LogP contribution in [0, 0.1) is 0 Å². The fraction of sp³-hybridized carbons (Fsp3) is 0.250. The first kappa shape index (κ1) is 13.9. The van der Waals surface area contributed by atoms with Gasteiger partial charge in [-0.25, -0.2) is 4.68 Å². The van der Waals surface area contributed by atoms with Gasteiger partial charge in [-0.3, -0.25) is 0 Å².